The molecule has 1 aromatic carbocycles. The van der Waals surface area contributed by atoms with Crippen molar-refractivity contribution in [1.29, 1.82) is 0 Å². The Morgan fingerprint density at radius 1 is 1.17 bits per heavy atom. The van der Waals surface area contributed by atoms with Gasteiger partial charge in [0.2, 0.25) is 0 Å². The van der Waals surface area contributed by atoms with Gasteiger partial charge in [0.05, 0.1) is 6.10 Å². The first kappa shape index (κ1) is 17.1. The van der Waals surface area contributed by atoms with E-state index in [9.17, 15) is 15.0 Å². The molecule has 5 nitrogen and oxygen atoms in total. The highest BCUT2D eigenvalue weighted by molar-refractivity contribution is 5.85. The molecule has 24 heavy (non-hydrogen) atoms. The van der Waals surface area contributed by atoms with Crippen LogP contribution in [0.3, 0.4) is 0 Å². The first-order valence-electron chi connectivity index (χ1n) is 8.66. The zero-order valence-electron chi connectivity index (χ0n) is 14.2. The lowest BCUT2D eigenvalue weighted by molar-refractivity contribution is 0.0189. The molecular formula is C19H25NO4. The molecule has 1 aliphatic carbocycles. The second-order valence-electron chi connectivity index (χ2n) is 6.85. The molecule has 0 bridgehead atoms. The van der Waals surface area contributed by atoms with E-state index >= 15 is 0 Å². The van der Waals surface area contributed by atoms with E-state index in [4.69, 9.17) is 4.42 Å². The Bertz CT molecular complexity index is 781. The maximum Gasteiger partial charge on any atom is 0.339 e. The highest BCUT2D eigenvalue weighted by atomic mass is 16.4. The molecule has 1 heterocycles. The van der Waals surface area contributed by atoms with Gasteiger partial charge in [0.15, 0.2) is 0 Å². The molecular weight excluding hydrogens is 306 g/mol. The molecule has 0 saturated heterocycles. The summed E-state index contributed by atoms with van der Waals surface area (Å²) in [5.41, 5.74) is 2.55. The quantitative estimate of drug-likeness (QED) is 0.731. The average molecular weight is 331 g/mol. The van der Waals surface area contributed by atoms with Gasteiger partial charge in [0, 0.05) is 23.5 Å². The van der Waals surface area contributed by atoms with E-state index in [2.05, 4.69) is 5.32 Å². The molecule has 1 aromatic heterocycles. The standard InChI is InChI=1S/C19H25NO4/c1-11(2)20-10-15(21)18(22)14-8-5-9-16-17(14)12-6-3-4-7-13(12)19(23)24-16/h5,8-9,11,15,18,20-22H,3-4,6-7,10H2,1-2H3. The minimum absolute atomic E-state index is 0.227. The highest BCUT2D eigenvalue weighted by Gasteiger charge is 2.25. The summed E-state index contributed by atoms with van der Waals surface area (Å²) in [4.78, 5) is 12.2. The second-order valence-corrected chi connectivity index (χ2v) is 6.85. The van der Waals surface area contributed by atoms with Crippen molar-refractivity contribution in [3.8, 4) is 0 Å². The summed E-state index contributed by atoms with van der Waals surface area (Å²) in [6.45, 7) is 4.28. The van der Waals surface area contributed by atoms with E-state index in [1.165, 1.54) is 0 Å². The topological polar surface area (TPSA) is 82.7 Å². The maximum atomic E-state index is 12.2. The van der Waals surface area contributed by atoms with Crippen LogP contribution in [0.25, 0.3) is 11.0 Å². The number of hydrogen-bond acceptors (Lipinski definition) is 5. The molecule has 0 fully saturated rings. The molecule has 0 spiro atoms. The lowest BCUT2D eigenvalue weighted by atomic mass is 9.87. The molecule has 3 rings (SSSR count). The zero-order chi connectivity index (χ0) is 17.3. The zero-order valence-corrected chi connectivity index (χ0v) is 14.2. The molecule has 0 amide bonds. The molecule has 1 aliphatic rings. The molecule has 130 valence electrons. The van der Waals surface area contributed by atoms with Crippen LogP contribution in [0.5, 0.6) is 0 Å². The number of rotatable bonds is 5. The lowest BCUT2D eigenvalue weighted by Gasteiger charge is -2.23. The second kappa shape index (κ2) is 7.05. The highest BCUT2D eigenvalue weighted by Crippen LogP contribution is 2.33. The normalized spacial score (nSPS) is 17.0. The minimum atomic E-state index is -1.03. The fourth-order valence-corrected chi connectivity index (χ4v) is 3.45. The predicted octanol–water partition coefficient (Wildman–Crippen LogP) is 2.06. The van der Waals surface area contributed by atoms with E-state index in [1.807, 2.05) is 13.8 Å². The first-order valence-corrected chi connectivity index (χ1v) is 8.66. The molecule has 0 radical (unpaired) electrons. The van der Waals surface area contributed by atoms with E-state index in [-0.39, 0.29) is 11.7 Å². The van der Waals surface area contributed by atoms with E-state index in [1.54, 1.807) is 18.2 Å². The number of fused-ring (bicyclic) bond motifs is 3. The number of aliphatic hydroxyl groups excluding tert-OH is 2. The van der Waals surface area contributed by atoms with Crippen LogP contribution in [0, 0.1) is 0 Å². The SMILES string of the molecule is CC(C)NCC(O)C(O)c1cccc2oc(=O)c3c(c12)CCCC3. The molecule has 0 aliphatic heterocycles. The summed E-state index contributed by atoms with van der Waals surface area (Å²) in [5, 5.41) is 24.9. The fraction of sp³-hybridized carbons (Fsp3) is 0.526. The third-order valence-corrected chi connectivity index (χ3v) is 4.70. The van der Waals surface area contributed by atoms with E-state index < -0.39 is 12.2 Å². The van der Waals surface area contributed by atoms with Crippen LogP contribution in [0.4, 0.5) is 0 Å². The Kier molecular flexibility index (Phi) is 5.04. The number of nitrogens with one attached hydrogen (secondary N) is 1. The number of hydrogen-bond donors (Lipinski definition) is 3. The van der Waals surface area contributed by atoms with Crippen molar-refractivity contribution in [2.45, 2.75) is 57.8 Å². The van der Waals surface area contributed by atoms with Crippen molar-refractivity contribution >= 4 is 11.0 Å². The average Bonchev–Trinajstić information content (AvgIpc) is 2.58. The van der Waals surface area contributed by atoms with Gasteiger partial charge in [-0.2, -0.15) is 0 Å². The van der Waals surface area contributed by atoms with Gasteiger partial charge in [-0.05, 0) is 42.9 Å². The third-order valence-electron chi connectivity index (χ3n) is 4.70. The summed E-state index contributed by atoms with van der Waals surface area (Å²) < 4.78 is 5.46. The smallest absolute Gasteiger partial charge is 0.339 e. The number of aryl methyl sites for hydroxylation is 1. The molecule has 2 unspecified atom stereocenters. The van der Waals surface area contributed by atoms with Gasteiger partial charge in [-0.1, -0.05) is 26.0 Å². The summed E-state index contributed by atoms with van der Waals surface area (Å²) in [6, 6.07) is 5.54. The summed E-state index contributed by atoms with van der Waals surface area (Å²) in [7, 11) is 0. The van der Waals surface area contributed by atoms with Gasteiger partial charge in [0.25, 0.3) is 0 Å². The summed E-state index contributed by atoms with van der Waals surface area (Å²) >= 11 is 0. The third kappa shape index (κ3) is 3.24. The van der Waals surface area contributed by atoms with Gasteiger partial charge in [-0.15, -0.1) is 0 Å². The van der Waals surface area contributed by atoms with Crippen molar-refractivity contribution in [3.05, 3.63) is 45.3 Å². The van der Waals surface area contributed by atoms with Crippen molar-refractivity contribution in [3.63, 3.8) is 0 Å². The maximum absolute atomic E-state index is 12.2. The van der Waals surface area contributed by atoms with Gasteiger partial charge in [-0.25, -0.2) is 4.79 Å². The van der Waals surface area contributed by atoms with Gasteiger partial charge in [-0.3, -0.25) is 0 Å². The van der Waals surface area contributed by atoms with Crippen LogP contribution in [-0.2, 0) is 12.8 Å². The molecule has 2 atom stereocenters. The van der Waals surface area contributed by atoms with Crippen molar-refractivity contribution in [2.75, 3.05) is 6.54 Å². The van der Waals surface area contributed by atoms with Crippen LogP contribution < -0.4 is 10.9 Å². The largest absolute Gasteiger partial charge is 0.422 e. The summed E-state index contributed by atoms with van der Waals surface area (Å²) in [6.07, 6.45) is 1.57. The Morgan fingerprint density at radius 2 is 1.88 bits per heavy atom. The number of aliphatic hydroxyl groups is 2. The van der Waals surface area contributed by atoms with E-state index in [0.717, 1.165) is 42.2 Å². The Labute approximate surface area is 141 Å². The number of benzene rings is 1. The molecule has 0 saturated carbocycles. The lowest BCUT2D eigenvalue weighted by Crippen LogP contribution is -2.35. The predicted molar refractivity (Wildman–Crippen MR) is 93.2 cm³/mol. The first-order chi connectivity index (χ1) is 11.5. The van der Waals surface area contributed by atoms with Crippen LogP contribution in [0.15, 0.2) is 27.4 Å². The van der Waals surface area contributed by atoms with Crippen LogP contribution in [0.1, 0.15) is 49.5 Å². The van der Waals surface area contributed by atoms with Crippen LogP contribution >= 0.6 is 0 Å². The Hall–Kier alpha value is -1.69. The van der Waals surface area contributed by atoms with Crippen molar-refractivity contribution in [2.24, 2.45) is 0 Å². The van der Waals surface area contributed by atoms with E-state index in [0.29, 0.717) is 17.7 Å². The monoisotopic (exact) mass is 331 g/mol. The summed E-state index contributed by atoms with van der Waals surface area (Å²) in [5.74, 6) is 0. The molecule has 3 N–H and O–H groups in total. The van der Waals surface area contributed by atoms with Gasteiger partial charge >= 0.3 is 5.63 Å². The van der Waals surface area contributed by atoms with Crippen molar-refractivity contribution in [1.82, 2.24) is 5.32 Å². The van der Waals surface area contributed by atoms with Gasteiger partial charge in [0.1, 0.15) is 11.7 Å². The van der Waals surface area contributed by atoms with Gasteiger partial charge < -0.3 is 19.9 Å². The fourth-order valence-electron chi connectivity index (χ4n) is 3.45. The van der Waals surface area contributed by atoms with Crippen LogP contribution in [-0.4, -0.2) is 28.9 Å². The van der Waals surface area contributed by atoms with Crippen molar-refractivity contribution < 1.29 is 14.6 Å². The molecule has 5 heteroatoms. The minimum Gasteiger partial charge on any atom is -0.422 e. The Balaban J connectivity index is 2.06. The molecule has 2 aromatic rings. The van der Waals surface area contributed by atoms with Crippen LogP contribution in [0.2, 0.25) is 0 Å². The Morgan fingerprint density at radius 3 is 2.58 bits per heavy atom.